The average Bonchev–Trinajstić information content (AvgIpc) is 3.10. The summed E-state index contributed by atoms with van der Waals surface area (Å²) < 4.78 is 1.83. The van der Waals surface area contributed by atoms with Crippen LogP contribution in [0.4, 0.5) is 5.82 Å². The molecule has 5 heteroatoms. The first-order valence-corrected chi connectivity index (χ1v) is 6.68. The van der Waals surface area contributed by atoms with Gasteiger partial charge in [-0.05, 0) is 18.8 Å². The molecule has 0 atom stereocenters. The van der Waals surface area contributed by atoms with Crippen LogP contribution >= 0.6 is 0 Å². The van der Waals surface area contributed by atoms with Crippen LogP contribution in [0, 0.1) is 5.92 Å². The van der Waals surface area contributed by atoms with Crippen molar-refractivity contribution >= 4 is 11.6 Å². The average molecular weight is 245 g/mol. The van der Waals surface area contributed by atoms with Crippen molar-refractivity contribution < 1.29 is 0 Å². The topological polar surface area (TPSA) is 46.3 Å². The van der Waals surface area contributed by atoms with Gasteiger partial charge in [0, 0.05) is 25.4 Å². The van der Waals surface area contributed by atoms with Gasteiger partial charge in [-0.1, -0.05) is 19.8 Å². The van der Waals surface area contributed by atoms with Crippen LogP contribution in [0.1, 0.15) is 31.9 Å². The minimum absolute atomic E-state index is 0.697. The van der Waals surface area contributed by atoms with Crippen LogP contribution < -0.4 is 4.90 Å². The molecule has 0 radical (unpaired) electrons. The minimum Gasteiger partial charge on any atom is -0.359 e. The van der Waals surface area contributed by atoms with Gasteiger partial charge in [-0.25, -0.2) is 4.98 Å². The van der Waals surface area contributed by atoms with E-state index in [4.69, 9.17) is 0 Å². The van der Waals surface area contributed by atoms with E-state index in [9.17, 15) is 0 Å². The molecule has 0 N–H and O–H groups in total. The third kappa shape index (κ3) is 2.17. The maximum Gasteiger partial charge on any atom is 0.254 e. The maximum absolute atomic E-state index is 4.47. The minimum atomic E-state index is 0.697. The molecule has 96 valence electrons. The lowest BCUT2D eigenvalue weighted by molar-refractivity contribution is 0.696. The molecule has 0 bridgehead atoms. The van der Waals surface area contributed by atoms with Gasteiger partial charge in [0.25, 0.3) is 5.78 Å². The molecule has 18 heavy (non-hydrogen) atoms. The summed E-state index contributed by atoms with van der Waals surface area (Å²) in [5, 5.41) is 4.26. The van der Waals surface area contributed by atoms with Gasteiger partial charge in [-0.15, -0.1) is 0 Å². The normalized spacial score (nSPS) is 15.2. The van der Waals surface area contributed by atoms with E-state index >= 15 is 0 Å². The number of hydrogen-bond acceptors (Lipinski definition) is 4. The lowest BCUT2D eigenvalue weighted by Gasteiger charge is -2.20. The van der Waals surface area contributed by atoms with Gasteiger partial charge in [-0.3, -0.25) is 0 Å². The highest BCUT2D eigenvalue weighted by atomic mass is 15.4. The second-order valence-electron chi connectivity index (χ2n) is 5.08. The van der Waals surface area contributed by atoms with Crippen molar-refractivity contribution in [2.45, 2.75) is 32.6 Å². The second-order valence-corrected chi connectivity index (χ2v) is 5.08. The smallest absolute Gasteiger partial charge is 0.254 e. The maximum atomic E-state index is 4.47. The molecule has 2 aromatic heterocycles. The Labute approximate surface area is 107 Å². The Hall–Kier alpha value is -1.65. The van der Waals surface area contributed by atoms with E-state index in [1.54, 1.807) is 6.33 Å². The van der Waals surface area contributed by atoms with Crippen LogP contribution in [-0.4, -0.2) is 33.2 Å². The molecule has 0 amide bonds. The Balaban J connectivity index is 1.89. The highest BCUT2D eigenvalue weighted by molar-refractivity contribution is 5.46. The van der Waals surface area contributed by atoms with Crippen molar-refractivity contribution in [2.24, 2.45) is 5.92 Å². The van der Waals surface area contributed by atoms with E-state index in [2.05, 4.69) is 40.0 Å². The predicted molar refractivity (Wildman–Crippen MR) is 70.8 cm³/mol. The second kappa shape index (κ2) is 4.55. The molecule has 3 rings (SSSR count). The molecule has 1 aliphatic rings. The summed E-state index contributed by atoms with van der Waals surface area (Å²) in [6, 6.07) is 2.12. The fourth-order valence-electron chi connectivity index (χ4n) is 2.19. The van der Waals surface area contributed by atoms with Gasteiger partial charge >= 0.3 is 0 Å². The summed E-state index contributed by atoms with van der Waals surface area (Å²) in [5.74, 6) is 2.74. The van der Waals surface area contributed by atoms with E-state index in [1.807, 2.05) is 4.52 Å². The lowest BCUT2D eigenvalue weighted by Crippen LogP contribution is -2.22. The highest BCUT2D eigenvalue weighted by Gasteiger charge is 2.21. The molecule has 0 spiro atoms. The van der Waals surface area contributed by atoms with Crippen LogP contribution in [0.15, 0.2) is 12.4 Å². The molecule has 1 saturated carbocycles. The number of rotatable bonds is 5. The number of aromatic nitrogens is 4. The number of anilines is 1. The third-order valence-corrected chi connectivity index (χ3v) is 3.61. The molecule has 0 saturated heterocycles. The van der Waals surface area contributed by atoms with Crippen molar-refractivity contribution in [1.29, 1.82) is 0 Å². The van der Waals surface area contributed by atoms with Crippen LogP contribution in [0.5, 0.6) is 0 Å². The highest BCUT2D eigenvalue weighted by Crippen LogP contribution is 2.32. The van der Waals surface area contributed by atoms with Gasteiger partial charge in [0.1, 0.15) is 12.1 Å². The fraction of sp³-hybridized carbons (Fsp3) is 0.615. The SMILES string of the molecule is CCc1cc(N(C)CCC2CC2)n2ncnc2n1. The molecule has 0 aromatic carbocycles. The Morgan fingerprint density at radius 3 is 3.00 bits per heavy atom. The first kappa shape index (κ1) is 11.4. The van der Waals surface area contributed by atoms with Gasteiger partial charge in [0.05, 0.1) is 0 Å². The Morgan fingerprint density at radius 2 is 2.28 bits per heavy atom. The summed E-state index contributed by atoms with van der Waals surface area (Å²) in [6.45, 7) is 3.19. The van der Waals surface area contributed by atoms with Gasteiger partial charge in [0.15, 0.2) is 0 Å². The van der Waals surface area contributed by atoms with Crippen LogP contribution in [0.3, 0.4) is 0 Å². The monoisotopic (exact) mass is 245 g/mol. The molecule has 2 heterocycles. The zero-order valence-corrected chi connectivity index (χ0v) is 11.0. The van der Waals surface area contributed by atoms with Crippen molar-refractivity contribution in [2.75, 3.05) is 18.5 Å². The first-order chi connectivity index (χ1) is 8.78. The van der Waals surface area contributed by atoms with Crippen LogP contribution in [-0.2, 0) is 6.42 Å². The molecule has 1 aliphatic carbocycles. The van der Waals surface area contributed by atoms with Crippen LogP contribution in [0.25, 0.3) is 5.78 Å². The standard InChI is InChI=1S/C13H19N5/c1-3-11-8-12(17(2)7-6-10-4-5-10)18-13(16-11)14-9-15-18/h8-10H,3-7H2,1-2H3. The Bertz CT molecular complexity index is 543. The van der Waals surface area contributed by atoms with Crippen LogP contribution in [0.2, 0.25) is 0 Å². The van der Waals surface area contributed by atoms with E-state index in [0.29, 0.717) is 5.78 Å². The fourth-order valence-corrected chi connectivity index (χ4v) is 2.19. The summed E-state index contributed by atoms with van der Waals surface area (Å²) >= 11 is 0. The third-order valence-electron chi connectivity index (χ3n) is 3.61. The van der Waals surface area contributed by atoms with Gasteiger partial charge < -0.3 is 4.90 Å². The van der Waals surface area contributed by atoms with Gasteiger partial charge in [-0.2, -0.15) is 14.6 Å². The summed E-state index contributed by atoms with van der Waals surface area (Å²) in [7, 11) is 2.12. The summed E-state index contributed by atoms with van der Waals surface area (Å²) in [6.07, 6.45) is 6.58. The van der Waals surface area contributed by atoms with Crippen molar-refractivity contribution in [3.8, 4) is 0 Å². The molecule has 1 fully saturated rings. The number of nitrogens with zero attached hydrogens (tertiary/aromatic N) is 5. The number of hydrogen-bond donors (Lipinski definition) is 0. The van der Waals surface area contributed by atoms with Crippen molar-refractivity contribution in [3.05, 3.63) is 18.1 Å². The van der Waals surface area contributed by atoms with Crippen molar-refractivity contribution in [3.63, 3.8) is 0 Å². The molecular weight excluding hydrogens is 226 g/mol. The Morgan fingerprint density at radius 1 is 1.44 bits per heavy atom. The van der Waals surface area contributed by atoms with Gasteiger partial charge in [0.2, 0.25) is 0 Å². The zero-order chi connectivity index (χ0) is 12.5. The molecular formula is C13H19N5. The molecule has 5 nitrogen and oxygen atoms in total. The molecule has 0 unspecified atom stereocenters. The van der Waals surface area contributed by atoms with E-state index in [0.717, 1.165) is 30.4 Å². The van der Waals surface area contributed by atoms with E-state index in [1.165, 1.54) is 19.3 Å². The number of fused-ring (bicyclic) bond motifs is 1. The Kier molecular flexibility index (Phi) is 2.89. The quantitative estimate of drug-likeness (QED) is 0.807. The zero-order valence-electron chi connectivity index (χ0n) is 11.0. The molecule has 2 aromatic rings. The largest absolute Gasteiger partial charge is 0.359 e. The van der Waals surface area contributed by atoms with E-state index in [-0.39, 0.29) is 0 Å². The van der Waals surface area contributed by atoms with E-state index < -0.39 is 0 Å². The predicted octanol–water partition coefficient (Wildman–Crippen LogP) is 1.92. The first-order valence-electron chi connectivity index (χ1n) is 6.68. The molecule has 0 aliphatic heterocycles. The summed E-state index contributed by atoms with van der Waals surface area (Å²) in [4.78, 5) is 10.9. The van der Waals surface area contributed by atoms with Crippen molar-refractivity contribution in [1.82, 2.24) is 19.6 Å². The lowest BCUT2D eigenvalue weighted by atomic mass is 10.2. The number of aryl methyl sites for hydroxylation is 1. The summed E-state index contributed by atoms with van der Waals surface area (Å²) in [5.41, 5.74) is 1.07.